The fourth-order valence-electron chi connectivity index (χ4n) is 0.724. The largest absolute Gasteiger partial charge is 0.116 e. The van der Waals surface area contributed by atoms with Gasteiger partial charge in [-0.05, 0) is 30.6 Å². The van der Waals surface area contributed by atoms with Crippen molar-refractivity contribution in [1.82, 2.24) is 0 Å². The summed E-state index contributed by atoms with van der Waals surface area (Å²) in [6.45, 7) is 0. The van der Waals surface area contributed by atoms with Crippen LogP contribution in [0.5, 0.6) is 0 Å². The zero-order chi connectivity index (χ0) is 8.10. The summed E-state index contributed by atoms with van der Waals surface area (Å²) in [5.74, 6) is 6.00. The third-order valence-corrected chi connectivity index (χ3v) is 1.51. The summed E-state index contributed by atoms with van der Waals surface area (Å²) in [4.78, 5) is 0. The van der Waals surface area contributed by atoms with Crippen molar-refractivity contribution >= 4 is 19.4 Å². The lowest BCUT2D eigenvalue weighted by Gasteiger charge is -1.88. The van der Waals surface area contributed by atoms with Crippen LogP contribution in [0, 0.1) is 11.8 Å². The van der Waals surface area contributed by atoms with Crippen LogP contribution in [0.1, 0.15) is 5.56 Å². The highest BCUT2D eigenvalue weighted by Gasteiger charge is 1.85. The average Bonchev–Trinajstić information content (AvgIpc) is 2.04. The third kappa shape index (κ3) is 2.70. The Hall–Kier alpha value is -0.865. The molecule has 11 heavy (non-hydrogen) atoms. The summed E-state index contributed by atoms with van der Waals surface area (Å²) < 4.78 is 0. The van der Waals surface area contributed by atoms with E-state index in [1.54, 1.807) is 0 Å². The molecule has 0 unspecified atom stereocenters. The van der Waals surface area contributed by atoms with Gasteiger partial charge in [0.15, 0.2) is 0 Å². The Bertz CT molecular complexity index is 279. The maximum absolute atomic E-state index is 5.70. The molecule has 1 aromatic rings. The summed E-state index contributed by atoms with van der Waals surface area (Å²) in [7, 11) is 2.03. The van der Waals surface area contributed by atoms with Gasteiger partial charge in [0.25, 0.3) is 0 Å². The summed E-state index contributed by atoms with van der Waals surface area (Å²) in [5, 5.41) is 0.757. The first-order valence-corrected chi connectivity index (χ1v) is 3.95. The van der Waals surface area contributed by atoms with Crippen molar-refractivity contribution in [3.63, 3.8) is 0 Å². The quantitative estimate of drug-likeness (QED) is 0.403. The Labute approximate surface area is 73.0 Å². The van der Waals surface area contributed by atoms with Crippen molar-refractivity contribution in [2.24, 2.45) is 0 Å². The predicted molar refractivity (Wildman–Crippen MR) is 51.7 cm³/mol. The van der Waals surface area contributed by atoms with E-state index in [9.17, 15) is 0 Å². The van der Waals surface area contributed by atoms with E-state index >= 15 is 0 Å². The van der Waals surface area contributed by atoms with Crippen LogP contribution in [0.4, 0.5) is 0 Å². The standard InChI is InChI=1S/C9H8BCl/c10-7-1-2-8-3-5-9(11)6-4-8/h3-6H,7,10H2. The Morgan fingerprint density at radius 2 is 1.91 bits per heavy atom. The monoisotopic (exact) mass is 162 g/mol. The zero-order valence-electron chi connectivity index (χ0n) is 6.39. The molecule has 0 bridgehead atoms. The predicted octanol–water partition coefficient (Wildman–Crippen LogP) is 1.74. The van der Waals surface area contributed by atoms with Crippen molar-refractivity contribution in [2.45, 2.75) is 6.32 Å². The van der Waals surface area contributed by atoms with Gasteiger partial charge in [-0.1, -0.05) is 17.5 Å². The van der Waals surface area contributed by atoms with Gasteiger partial charge < -0.3 is 0 Å². The van der Waals surface area contributed by atoms with Crippen LogP contribution in [0.3, 0.4) is 0 Å². The minimum absolute atomic E-state index is 0.757. The van der Waals surface area contributed by atoms with Gasteiger partial charge in [-0.15, -0.1) is 5.92 Å². The topological polar surface area (TPSA) is 0 Å². The van der Waals surface area contributed by atoms with Crippen LogP contribution in [0.2, 0.25) is 11.3 Å². The molecule has 0 N–H and O–H groups in total. The molecule has 0 saturated heterocycles. The lowest BCUT2D eigenvalue weighted by Crippen LogP contribution is -1.71. The van der Waals surface area contributed by atoms with Gasteiger partial charge in [-0.3, -0.25) is 0 Å². The van der Waals surface area contributed by atoms with E-state index in [1.165, 1.54) is 0 Å². The van der Waals surface area contributed by atoms with E-state index in [2.05, 4.69) is 11.8 Å². The molecular formula is C9H8BCl. The molecule has 0 aromatic heterocycles. The van der Waals surface area contributed by atoms with E-state index in [0.717, 1.165) is 16.9 Å². The van der Waals surface area contributed by atoms with Crippen LogP contribution < -0.4 is 0 Å². The van der Waals surface area contributed by atoms with E-state index in [-0.39, 0.29) is 0 Å². The fraction of sp³-hybridized carbons (Fsp3) is 0.111. The zero-order valence-corrected chi connectivity index (χ0v) is 7.15. The van der Waals surface area contributed by atoms with Gasteiger partial charge in [0.2, 0.25) is 0 Å². The lowest BCUT2D eigenvalue weighted by atomic mass is 10.1. The molecule has 2 heteroatoms. The Kier molecular flexibility index (Phi) is 3.07. The Morgan fingerprint density at radius 3 is 2.45 bits per heavy atom. The number of rotatable bonds is 0. The first kappa shape index (κ1) is 8.23. The highest BCUT2D eigenvalue weighted by molar-refractivity contribution is 6.30. The molecular weight excluding hydrogens is 154 g/mol. The van der Waals surface area contributed by atoms with Crippen molar-refractivity contribution in [3.05, 3.63) is 34.9 Å². The number of hydrogen-bond donors (Lipinski definition) is 0. The molecule has 0 nitrogen and oxygen atoms in total. The first-order chi connectivity index (χ1) is 5.33. The summed E-state index contributed by atoms with van der Waals surface area (Å²) in [5.41, 5.74) is 1.02. The van der Waals surface area contributed by atoms with E-state index < -0.39 is 0 Å². The van der Waals surface area contributed by atoms with Crippen LogP contribution in [-0.4, -0.2) is 7.85 Å². The van der Waals surface area contributed by atoms with Gasteiger partial charge in [0.05, 0.1) is 0 Å². The smallest absolute Gasteiger partial charge is 0.107 e. The summed E-state index contributed by atoms with van der Waals surface area (Å²) in [6.07, 6.45) is 0.891. The number of benzene rings is 1. The molecule has 0 aliphatic rings. The average molecular weight is 162 g/mol. The van der Waals surface area contributed by atoms with Gasteiger partial charge in [0, 0.05) is 10.6 Å². The maximum Gasteiger partial charge on any atom is 0.116 e. The summed E-state index contributed by atoms with van der Waals surface area (Å²) in [6, 6.07) is 7.54. The molecule has 1 rings (SSSR count). The Balaban J connectivity index is 2.82. The molecule has 0 spiro atoms. The van der Waals surface area contributed by atoms with Crippen LogP contribution >= 0.6 is 11.6 Å². The van der Waals surface area contributed by atoms with E-state index in [4.69, 9.17) is 11.6 Å². The second-order valence-electron chi connectivity index (χ2n) is 2.16. The minimum Gasteiger partial charge on any atom is -0.107 e. The van der Waals surface area contributed by atoms with Crippen molar-refractivity contribution in [3.8, 4) is 11.8 Å². The van der Waals surface area contributed by atoms with E-state index in [1.807, 2.05) is 32.1 Å². The SMILES string of the molecule is BCC#Cc1ccc(Cl)cc1. The van der Waals surface area contributed by atoms with Gasteiger partial charge >= 0.3 is 0 Å². The van der Waals surface area contributed by atoms with Gasteiger partial charge in [-0.25, -0.2) is 0 Å². The van der Waals surface area contributed by atoms with Crippen molar-refractivity contribution in [1.29, 1.82) is 0 Å². The maximum atomic E-state index is 5.70. The normalized spacial score (nSPS) is 8.45. The molecule has 0 heterocycles. The van der Waals surface area contributed by atoms with Crippen LogP contribution in [0.25, 0.3) is 0 Å². The molecule has 1 aromatic carbocycles. The molecule has 0 aliphatic heterocycles. The molecule has 0 amide bonds. The molecule has 0 atom stereocenters. The number of hydrogen-bond acceptors (Lipinski definition) is 0. The molecule has 0 aliphatic carbocycles. The molecule has 0 saturated carbocycles. The lowest BCUT2D eigenvalue weighted by molar-refractivity contribution is 1.64. The Morgan fingerprint density at radius 1 is 1.27 bits per heavy atom. The van der Waals surface area contributed by atoms with Gasteiger partial charge in [-0.2, -0.15) is 0 Å². The second-order valence-corrected chi connectivity index (χ2v) is 2.60. The van der Waals surface area contributed by atoms with Crippen LogP contribution in [-0.2, 0) is 0 Å². The third-order valence-electron chi connectivity index (χ3n) is 1.25. The van der Waals surface area contributed by atoms with E-state index in [0.29, 0.717) is 0 Å². The molecule has 54 valence electrons. The van der Waals surface area contributed by atoms with Gasteiger partial charge in [0.1, 0.15) is 7.85 Å². The van der Waals surface area contributed by atoms with Crippen molar-refractivity contribution < 1.29 is 0 Å². The second kappa shape index (κ2) is 4.11. The highest BCUT2D eigenvalue weighted by atomic mass is 35.5. The van der Waals surface area contributed by atoms with Crippen LogP contribution in [0.15, 0.2) is 24.3 Å². The minimum atomic E-state index is 0.757. The first-order valence-electron chi connectivity index (χ1n) is 3.57. The highest BCUT2D eigenvalue weighted by Crippen LogP contribution is 2.08. The fourth-order valence-corrected chi connectivity index (χ4v) is 0.850. The summed E-state index contributed by atoms with van der Waals surface area (Å²) >= 11 is 5.70. The molecule has 0 fully saturated rings. The number of halogens is 1. The van der Waals surface area contributed by atoms with Crippen molar-refractivity contribution in [2.75, 3.05) is 0 Å². The molecule has 0 radical (unpaired) electrons.